The molecule has 1 amide bonds. The molecule has 0 spiro atoms. The summed E-state index contributed by atoms with van der Waals surface area (Å²) in [5.74, 6) is 0.487. The maximum atomic E-state index is 12.9. The number of carbonyl (C=O) groups is 1. The van der Waals surface area contributed by atoms with Gasteiger partial charge in [0.2, 0.25) is 0 Å². The van der Waals surface area contributed by atoms with Crippen LogP contribution in [0.15, 0.2) is 71.3 Å². The maximum Gasteiger partial charge on any atom is 0.256 e. The molecular formula is C21H19NO2. The van der Waals surface area contributed by atoms with Crippen LogP contribution in [0, 0.1) is 13.8 Å². The van der Waals surface area contributed by atoms with Crippen LogP contribution < -0.4 is 5.32 Å². The normalized spacial score (nSPS) is 11.3. The summed E-state index contributed by atoms with van der Waals surface area (Å²) < 4.78 is 5.38. The summed E-state index contributed by atoms with van der Waals surface area (Å²) in [6, 6.07) is 19.2. The average molecular weight is 317 g/mol. The fourth-order valence-electron chi connectivity index (χ4n) is 2.61. The van der Waals surface area contributed by atoms with Crippen molar-refractivity contribution in [3.8, 4) is 0 Å². The molecule has 0 saturated heterocycles. The number of anilines is 1. The molecule has 0 aliphatic heterocycles. The van der Waals surface area contributed by atoms with E-state index in [1.54, 1.807) is 18.4 Å². The zero-order valence-electron chi connectivity index (χ0n) is 13.7. The van der Waals surface area contributed by atoms with Gasteiger partial charge in [-0.15, -0.1) is 0 Å². The highest BCUT2D eigenvalue weighted by molar-refractivity contribution is 6.29. The first-order valence-electron chi connectivity index (χ1n) is 7.83. The Morgan fingerprint density at radius 1 is 0.917 bits per heavy atom. The largest absolute Gasteiger partial charge is 0.465 e. The van der Waals surface area contributed by atoms with E-state index in [0.717, 1.165) is 22.4 Å². The predicted octanol–water partition coefficient (Wildman–Crippen LogP) is 5.08. The van der Waals surface area contributed by atoms with Gasteiger partial charge in [0.1, 0.15) is 5.76 Å². The van der Waals surface area contributed by atoms with Crippen molar-refractivity contribution in [1.82, 2.24) is 0 Å². The number of aryl methyl sites for hydroxylation is 2. The lowest BCUT2D eigenvalue weighted by Gasteiger charge is -2.13. The molecule has 0 fully saturated rings. The van der Waals surface area contributed by atoms with Crippen LogP contribution in [0.1, 0.15) is 22.5 Å². The molecule has 120 valence electrons. The minimum atomic E-state index is -0.157. The van der Waals surface area contributed by atoms with Gasteiger partial charge in [-0.2, -0.15) is 0 Å². The number of hydrogen-bond donors (Lipinski definition) is 1. The monoisotopic (exact) mass is 317 g/mol. The highest BCUT2D eigenvalue weighted by Gasteiger charge is 2.15. The topological polar surface area (TPSA) is 42.2 Å². The fourth-order valence-corrected chi connectivity index (χ4v) is 2.61. The first-order valence-corrected chi connectivity index (χ1v) is 7.83. The molecule has 0 bridgehead atoms. The number of hydrogen-bond acceptors (Lipinski definition) is 2. The number of benzene rings is 2. The Kier molecular flexibility index (Phi) is 4.62. The second-order valence-corrected chi connectivity index (χ2v) is 5.66. The van der Waals surface area contributed by atoms with Gasteiger partial charge < -0.3 is 9.73 Å². The molecular weight excluding hydrogens is 298 g/mol. The van der Waals surface area contributed by atoms with E-state index in [4.69, 9.17) is 4.42 Å². The van der Waals surface area contributed by atoms with Crippen molar-refractivity contribution < 1.29 is 9.21 Å². The molecule has 0 aliphatic carbocycles. The smallest absolute Gasteiger partial charge is 0.256 e. The van der Waals surface area contributed by atoms with Crippen LogP contribution in [0.4, 0.5) is 5.69 Å². The lowest BCUT2D eigenvalue weighted by Crippen LogP contribution is -2.15. The Hall–Kier alpha value is -3.07. The van der Waals surface area contributed by atoms with Crippen molar-refractivity contribution in [2.24, 2.45) is 0 Å². The van der Waals surface area contributed by atoms with Crippen LogP contribution in [0.3, 0.4) is 0 Å². The molecule has 0 unspecified atom stereocenters. The van der Waals surface area contributed by atoms with Gasteiger partial charge in [0, 0.05) is 5.69 Å². The van der Waals surface area contributed by atoms with Crippen molar-refractivity contribution in [1.29, 1.82) is 0 Å². The maximum absolute atomic E-state index is 12.9. The molecule has 3 aromatic rings. The van der Waals surface area contributed by atoms with Crippen LogP contribution in [0.2, 0.25) is 0 Å². The predicted molar refractivity (Wildman–Crippen MR) is 97.6 cm³/mol. The lowest BCUT2D eigenvalue weighted by atomic mass is 10.0. The number of para-hydroxylation sites is 1. The number of rotatable bonds is 4. The molecule has 1 heterocycles. The molecule has 24 heavy (non-hydrogen) atoms. The summed E-state index contributed by atoms with van der Waals surface area (Å²) >= 11 is 0. The quantitative estimate of drug-likeness (QED) is 0.682. The van der Waals surface area contributed by atoms with Crippen LogP contribution in [-0.4, -0.2) is 5.91 Å². The zero-order chi connectivity index (χ0) is 16.9. The van der Waals surface area contributed by atoms with E-state index in [-0.39, 0.29) is 5.91 Å². The van der Waals surface area contributed by atoms with E-state index in [1.807, 2.05) is 68.4 Å². The van der Waals surface area contributed by atoms with Gasteiger partial charge >= 0.3 is 0 Å². The number of amides is 1. The molecule has 0 aliphatic rings. The van der Waals surface area contributed by atoms with Gasteiger partial charge in [-0.1, -0.05) is 48.5 Å². The minimum Gasteiger partial charge on any atom is -0.465 e. The second-order valence-electron chi connectivity index (χ2n) is 5.66. The number of nitrogens with one attached hydrogen (secondary N) is 1. The van der Waals surface area contributed by atoms with E-state index in [2.05, 4.69) is 5.32 Å². The van der Waals surface area contributed by atoms with Crippen molar-refractivity contribution in [2.45, 2.75) is 13.8 Å². The molecule has 1 N–H and O–H groups in total. The van der Waals surface area contributed by atoms with Gasteiger partial charge in [0.15, 0.2) is 0 Å². The Balaban J connectivity index is 1.98. The SMILES string of the molecule is Cc1cccc(C)c1NC(=O)C(=Cc1ccco1)c1ccccc1. The summed E-state index contributed by atoms with van der Waals surface area (Å²) in [5.41, 5.74) is 4.33. The third-order valence-electron chi connectivity index (χ3n) is 3.88. The van der Waals surface area contributed by atoms with Gasteiger partial charge in [0.25, 0.3) is 5.91 Å². The third-order valence-corrected chi connectivity index (χ3v) is 3.88. The minimum absolute atomic E-state index is 0.157. The summed E-state index contributed by atoms with van der Waals surface area (Å²) in [5, 5.41) is 3.04. The third kappa shape index (κ3) is 3.46. The van der Waals surface area contributed by atoms with Crippen LogP contribution >= 0.6 is 0 Å². The fraction of sp³-hybridized carbons (Fsp3) is 0.0952. The van der Waals surface area contributed by atoms with Gasteiger partial charge in [-0.3, -0.25) is 4.79 Å². The lowest BCUT2D eigenvalue weighted by molar-refractivity contribution is -0.111. The molecule has 0 saturated carbocycles. The van der Waals surface area contributed by atoms with Crippen LogP contribution in [0.5, 0.6) is 0 Å². The highest BCUT2D eigenvalue weighted by atomic mass is 16.3. The molecule has 3 heteroatoms. The van der Waals surface area contributed by atoms with E-state index in [1.165, 1.54) is 0 Å². The number of carbonyl (C=O) groups excluding carboxylic acids is 1. The highest BCUT2D eigenvalue weighted by Crippen LogP contribution is 2.24. The molecule has 0 atom stereocenters. The second kappa shape index (κ2) is 7.01. The Labute approximate surface area is 141 Å². The first kappa shape index (κ1) is 15.8. The summed E-state index contributed by atoms with van der Waals surface area (Å²) in [4.78, 5) is 12.9. The molecule has 3 nitrogen and oxygen atoms in total. The average Bonchev–Trinajstić information content (AvgIpc) is 3.10. The molecule has 2 aromatic carbocycles. The Morgan fingerprint density at radius 2 is 1.62 bits per heavy atom. The van der Waals surface area contributed by atoms with Crippen molar-refractivity contribution in [3.63, 3.8) is 0 Å². The van der Waals surface area contributed by atoms with Gasteiger partial charge in [-0.25, -0.2) is 0 Å². The Bertz CT molecular complexity index is 842. The molecule has 3 rings (SSSR count). The van der Waals surface area contributed by atoms with Crippen LogP contribution in [0.25, 0.3) is 11.6 Å². The summed E-state index contributed by atoms with van der Waals surface area (Å²) in [7, 11) is 0. The van der Waals surface area contributed by atoms with E-state index in [0.29, 0.717) is 11.3 Å². The van der Waals surface area contributed by atoms with E-state index >= 15 is 0 Å². The van der Waals surface area contributed by atoms with Gasteiger partial charge in [-0.05, 0) is 48.7 Å². The molecule has 0 radical (unpaired) electrons. The van der Waals surface area contributed by atoms with Crippen molar-refractivity contribution >= 4 is 23.2 Å². The standard InChI is InChI=1S/C21H19NO2/c1-15-8-6-9-16(2)20(15)22-21(23)19(14-18-12-7-13-24-18)17-10-4-3-5-11-17/h3-14H,1-2H3,(H,22,23). The van der Waals surface area contributed by atoms with E-state index in [9.17, 15) is 4.79 Å². The first-order chi connectivity index (χ1) is 11.6. The number of furan rings is 1. The van der Waals surface area contributed by atoms with E-state index < -0.39 is 0 Å². The van der Waals surface area contributed by atoms with Crippen LogP contribution in [-0.2, 0) is 4.79 Å². The summed E-state index contributed by atoms with van der Waals surface area (Å²) in [6.45, 7) is 3.97. The summed E-state index contributed by atoms with van der Waals surface area (Å²) in [6.07, 6.45) is 3.36. The molecule has 1 aromatic heterocycles. The van der Waals surface area contributed by atoms with Gasteiger partial charge in [0.05, 0.1) is 11.8 Å². The Morgan fingerprint density at radius 3 is 2.25 bits per heavy atom. The van der Waals surface area contributed by atoms with Crippen molar-refractivity contribution in [3.05, 3.63) is 89.4 Å². The zero-order valence-corrected chi connectivity index (χ0v) is 13.7. The van der Waals surface area contributed by atoms with Crippen molar-refractivity contribution in [2.75, 3.05) is 5.32 Å².